The van der Waals surface area contributed by atoms with Crippen LogP contribution in [0.25, 0.3) is 0 Å². The summed E-state index contributed by atoms with van der Waals surface area (Å²) in [6.07, 6.45) is -1.25. The molecule has 14 heavy (non-hydrogen) atoms. The van der Waals surface area contributed by atoms with Gasteiger partial charge in [0.15, 0.2) is 0 Å². The molecular formula is C10H22F2N2. The lowest BCUT2D eigenvalue weighted by Gasteiger charge is -2.23. The summed E-state index contributed by atoms with van der Waals surface area (Å²) in [5, 5.41) is 0. The van der Waals surface area contributed by atoms with E-state index >= 15 is 0 Å². The van der Waals surface area contributed by atoms with E-state index in [4.69, 9.17) is 5.73 Å². The van der Waals surface area contributed by atoms with E-state index in [2.05, 4.69) is 13.8 Å². The number of nitrogens with zero attached hydrogens (tertiary/aromatic N) is 1. The van der Waals surface area contributed by atoms with Gasteiger partial charge in [0.25, 0.3) is 6.43 Å². The van der Waals surface area contributed by atoms with Crippen LogP contribution in [0.4, 0.5) is 8.78 Å². The maximum Gasteiger partial charge on any atom is 0.251 e. The molecule has 4 heteroatoms. The number of alkyl halides is 2. The first-order chi connectivity index (χ1) is 6.45. The standard InChI is InChI=1S/C10H22F2N2/c1-8(2)4-9(5-13)6-14(3)7-10(11)12/h8-10H,4-7,13H2,1-3H3. The highest BCUT2D eigenvalue weighted by molar-refractivity contribution is 4.66. The maximum atomic E-state index is 12.0. The molecule has 0 amide bonds. The van der Waals surface area contributed by atoms with Crippen LogP contribution >= 0.6 is 0 Å². The lowest BCUT2D eigenvalue weighted by atomic mass is 9.97. The number of hydrogen-bond donors (Lipinski definition) is 1. The molecule has 0 aromatic carbocycles. The van der Waals surface area contributed by atoms with Crippen LogP contribution in [0.3, 0.4) is 0 Å². The highest BCUT2D eigenvalue weighted by Gasteiger charge is 2.14. The second-order valence-corrected chi connectivity index (χ2v) is 4.34. The van der Waals surface area contributed by atoms with Crippen LogP contribution in [0.2, 0.25) is 0 Å². The minimum Gasteiger partial charge on any atom is -0.330 e. The van der Waals surface area contributed by atoms with Gasteiger partial charge in [0.1, 0.15) is 0 Å². The van der Waals surface area contributed by atoms with Gasteiger partial charge >= 0.3 is 0 Å². The van der Waals surface area contributed by atoms with E-state index < -0.39 is 6.43 Å². The first-order valence-corrected chi connectivity index (χ1v) is 5.12. The van der Waals surface area contributed by atoms with Crippen molar-refractivity contribution < 1.29 is 8.78 Å². The van der Waals surface area contributed by atoms with Crippen LogP contribution in [0.1, 0.15) is 20.3 Å². The van der Waals surface area contributed by atoms with Crippen molar-refractivity contribution in [1.29, 1.82) is 0 Å². The molecular weight excluding hydrogens is 186 g/mol. The second kappa shape index (κ2) is 7.12. The van der Waals surface area contributed by atoms with Crippen molar-refractivity contribution >= 4 is 0 Å². The number of nitrogens with two attached hydrogens (primary N) is 1. The first-order valence-electron chi connectivity index (χ1n) is 5.12. The third-order valence-electron chi connectivity index (χ3n) is 2.16. The smallest absolute Gasteiger partial charge is 0.251 e. The number of halogens is 2. The summed E-state index contributed by atoms with van der Waals surface area (Å²) in [5.74, 6) is 0.905. The molecule has 0 heterocycles. The lowest BCUT2D eigenvalue weighted by Crippen LogP contribution is -2.33. The second-order valence-electron chi connectivity index (χ2n) is 4.34. The van der Waals surface area contributed by atoms with Crippen molar-refractivity contribution in [1.82, 2.24) is 4.90 Å². The van der Waals surface area contributed by atoms with Gasteiger partial charge in [-0.05, 0) is 31.8 Å². The molecule has 0 aromatic heterocycles. The fourth-order valence-electron chi connectivity index (χ4n) is 1.66. The SMILES string of the molecule is CC(C)CC(CN)CN(C)CC(F)F. The van der Waals surface area contributed by atoms with Crippen LogP contribution < -0.4 is 5.73 Å². The zero-order valence-corrected chi connectivity index (χ0v) is 9.34. The van der Waals surface area contributed by atoms with Gasteiger partial charge in [-0.2, -0.15) is 0 Å². The Morgan fingerprint density at radius 3 is 2.14 bits per heavy atom. The molecule has 1 atom stereocenters. The molecule has 0 aromatic rings. The molecule has 86 valence electrons. The van der Waals surface area contributed by atoms with Gasteiger partial charge in [0.05, 0.1) is 6.54 Å². The van der Waals surface area contributed by atoms with Crippen molar-refractivity contribution in [3.63, 3.8) is 0 Å². The quantitative estimate of drug-likeness (QED) is 0.691. The first kappa shape index (κ1) is 13.8. The van der Waals surface area contributed by atoms with Gasteiger partial charge in [0, 0.05) is 6.54 Å². The molecule has 0 aliphatic rings. The average Bonchev–Trinajstić information content (AvgIpc) is 2.00. The summed E-state index contributed by atoms with van der Waals surface area (Å²) in [7, 11) is 1.72. The van der Waals surface area contributed by atoms with Gasteiger partial charge in [-0.25, -0.2) is 8.78 Å². The third kappa shape index (κ3) is 7.21. The summed E-state index contributed by atoms with van der Waals surface area (Å²) >= 11 is 0. The van der Waals surface area contributed by atoms with Gasteiger partial charge in [-0.15, -0.1) is 0 Å². The molecule has 0 saturated heterocycles. The van der Waals surface area contributed by atoms with E-state index in [1.165, 1.54) is 0 Å². The Bertz CT molecular complexity index is 140. The van der Waals surface area contributed by atoms with E-state index in [9.17, 15) is 8.78 Å². The molecule has 0 bridgehead atoms. The maximum absolute atomic E-state index is 12.0. The normalized spacial score (nSPS) is 14.4. The molecule has 0 radical (unpaired) electrons. The number of hydrogen-bond acceptors (Lipinski definition) is 2. The average molecular weight is 208 g/mol. The van der Waals surface area contributed by atoms with Gasteiger partial charge < -0.3 is 10.6 Å². The molecule has 0 rings (SSSR count). The fraction of sp³-hybridized carbons (Fsp3) is 1.00. The summed E-state index contributed by atoms with van der Waals surface area (Å²) in [5.41, 5.74) is 5.59. The molecule has 0 aliphatic carbocycles. The Kier molecular flexibility index (Phi) is 7.01. The predicted molar refractivity (Wildman–Crippen MR) is 55.5 cm³/mol. The van der Waals surface area contributed by atoms with E-state index in [0.29, 0.717) is 24.9 Å². The lowest BCUT2D eigenvalue weighted by molar-refractivity contribution is 0.0919. The van der Waals surface area contributed by atoms with Crippen molar-refractivity contribution in [3.8, 4) is 0 Å². The molecule has 1 unspecified atom stereocenters. The largest absolute Gasteiger partial charge is 0.330 e. The Balaban J connectivity index is 3.79. The minimum absolute atomic E-state index is 0.158. The van der Waals surface area contributed by atoms with E-state index in [-0.39, 0.29) is 6.54 Å². The Labute approximate surface area is 85.5 Å². The Hall–Kier alpha value is -0.220. The van der Waals surface area contributed by atoms with Crippen molar-refractivity contribution in [3.05, 3.63) is 0 Å². The van der Waals surface area contributed by atoms with Crippen LogP contribution in [0.15, 0.2) is 0 Å². The fourth-order valence-corrected chi connectivity index (χ4v) is 1.66. The molecule has 0 fully saturated rings. The zero-order valence-electron chi connectivity index (χ0n) is 9.34. The summed E-state index contributed by atoms with van der Waals surface area (Å²) in [6, 6.07) is 0. The number of rotatable bonds is 7. The van der Waals surface area contributed by atoms with Crippen molar-refractivity contribution in [2.75, 3.05) is 26.7 Å². The van der Waals surface area contributed by atoms with E-state index in [0.717, 1.165) is 6.42 Å². The zero-order chi connectivity index (χ0) is 11.1. The van der Waals surface area contributed by atoms with Gasteiger partial charge in [-0.3, -0.25) is 0 Å². The molecule has 0 aliphatic heterocycles. The van der Waals surface area contributed by atoms with Crippen LogP contribution in [-0.4, -0.2) is 38.0 Å². The highest BCUT2D eigenvalue weighted by Crippen LogP contribution is 2.12. The topological polar surface area (TPSA) is 29.3 Å². The summed E-state index contributed by atoms with van der Waals surface area (Å²) in [4.78, 5) is 1.66. The molecule has 0 saturated carbocycles. The predicted octanol–water partition coefficient (Wildman–Crippen LogP) is 1.80. The van der Waals surface area contributed by atoms with Gasteiger partial charge in [-0.1, -0.05) is 13.8 Å². The molecule has 2 nitrogen and oxygen atoms in total. The molecule has 0 spiro atoms. The van der Waals surface area contributed by atoms with Crippen molar-refractivity contribution in [2.24, 2.45) is 17.6 Å². The Morgan fingerprint density at radius 1 is 1.21 bits per heavy atom. The van der Waals surface area contributed by atoms with Crippen LogP contribution in [0, 0.1) is 11.8 Å². The van der Waals surface area contributed by atoms with Crippen LogP contribution in [-0.2, 0) is 0 Å². The summed E-state index contributed by atoms with van der Waals surface area (Å²) in [6.45, 7) is 5.32. The van der Waals surface area contributed by atoms with Crippen LogP contribution in [0.5, 0.6) is 0 Å². The minimum atomic E-state index is -2.25. The summed E-state index contributed by atoms with van der Waals surface area (Å²) < 4.78 is 24.1. The van der Waals surface area contributed by atoms with Gasteiger partial charge in [0.2, 0.25) is 0 Å². The highest BCUT2D eigenvalue weighted by atomic mass is 19.3. The Morgan fingerprint density at radius 2 is 1.79 bits per heavy atom. The molecule has 2 N–H and O–H groups in total. The van der Waals surface area contributed by atoms with E-state index in [1.54, 1.807) is 11.9 Å². The van der Waals surface area contributed by atoms with E-state index in [1.807, 2.05) is 0 Å². The third-order valence-corrected chi connectivity index (χ3v) is 2.16. The van der Waals surface area contributed by atoms with Crippen molar-refractivity contribution in [2.45, 2.75) is 26.7 Å². The monoisotopic (exact) mass is 208 g/mol.